The zero-order valence-electron chi connectivity index (χ0n) is 10.7. The fraction of sp³-hybridized carbons (Fsp3) is 0.545. The van der Waals surface area contributed by atoms with Crippen LogP contribution in [0.4, 0.5) is 0 Å². The molecule has 1 saturated heterocycles. The van der Waals surface area contributed by atoms with Gasteiger partial charge < -0.3 is 10.6 Å². The molecule has 1 aliphatic heterocycles. The van der Waals surface area contributed by atoms with Crippen molar-refractivity contribution in [1.29, 1.82) is 0 Å². The lowest BCUT2D eigenvalue weighted by Crippen LogP contribution is -2.48. The minimum absolute atomic E-state index is 0.0802. The molecule has 0 aliphatic carbocycles. The van der Waals surface area contributed by atoms with Crippen molar-refractivity contribution in [2.45, 2.75) is 23.1 Å². The van der Waals surface area contributed by atoms with E-state index in [0.717, 1.165) is 41.1 Å². The molecule has 0 unspecified atom stereocenters. The lowest BCUT2D eigenvalue weighted by Gasteiger charge is -2.23. The summed E-state index contributed by atoms with van der Waals surface area (Å²) in [5, 5.41) is 6.00. The Bertz CT molecular complexity index is 567. The third-order valence-electron chi connectivity index (χ3n) is 2.90. The molecule has 3 N–H and O–H groups in total. The van der Waals surface area contributed by atoms with Gasteiger partial charge in [0.25, 0.3) is 10.0 Å². The number of carbonyl (C=O) groups excluding carboxylic acids is 1. The molecule has 20 heavy (non-hydrogen) atoms. The number of carbonyl (C=O) groups is 1. The van der Waals surface area contributed by atoms with E-state index in [2.05, 4.69) is 31.3 Å². The zero-order chi connectivity index (χ0) is 14.6. The van der Waals surface area contributed by atoms with Gasteiger partial charge in [-0.3, -0.25) is 4.79 Å². The van der Waals surface area contributed by atoms with E-state index in [1.807, 2.05) is 0 Å². The average Bonchev–Trinajstić information content (AvgIpc) is 2.85. The predicted molar refractivity (Wildman–Crippen MR) is 81.2 cm³/mol. The third-order valence-corrected chi connectivity index (χ3v) is 6.41. The summed E-state index contributed by atoms with van der Waals surface area (Å²) in [7, 11) is -3.61. The van der Waals surface area contributed by atoms with Crippen LogP contribution in [0.15, 0.2) is 20.1 Å². The fourth-order valence-corrected chi connectivity index (χ4v) is 4.96. The van der Waals surface area contributed by atoms with Gasteiger partial charge in [0.05, 0.1) is 10.3 Å². The zero-order valence-corrected chi connectivity index (χ0v) is 13.9. The van der Waals surface area contributed by atoms with Crippen LogP contribution in [-0.4, -0.2) is 40.0 Å². The second-order valence-electron chi connectivity index (χ2n) is 4.49. The molecule has 0 aromatic carbocycles. The molecule has 1 aliphatic rings. The quantitative estimate of drug-likeness (QED) is 0.698. The van der Waals surface area contributed by atoms with Gasteiger partial charge in [0, 0.05) is 12.6 Å². The van der Waals surface area contributed by atoms with E-state index in [9.17, 15) is 13.2 Å². The largest absolute Gasteiger partial charge is 0.351 e. The van der Waals surface area contributed by atoms with Gasteiger partial charge in [-0.25, -0.2) is 13.1 Å². The van der Waals surface area contributed by atoms with Crippen LogP contribution in [0.3, 0.4) is 0 Å². The van der Waals surface area contributed by atoms with Gasteiger partial charge in [0.1, 0.15) is 4.21 Å². The van der Waals surface area contributed by atoms with Gasteiger partial charge in [-0.1, -0.05) is 0 Å². The van der Waals surface area contributed by atoms with E-state index in [1.165, 1.54) is 6.07 Å². The Kier molecular flexibility index (Phi) is 5.56. The lowest BCUT2D eigenvalue weighted by molar-refractivity contribution is -0.120. The van der Waals surface area contributed by atoms with Crippen LogP contribution in [0.2, 0.25) is 0 Å². The smallest absolute Gasteiger partial charge is 0.250 e. The van der Waals surface area contributed by atoms with Crippen molar-refractivity contribution in [3.8, 4) is 0 Å². The first-order chi connectivity index (χ1) is 9.47. The normalized spacial score (nSPS) is 19.8. The monoisotopic (exact) mass is 381 g/mol. The van der Waals surface area contributed by atoms with Gasteiger partial charge in [0.15, 0.2) is 0 Å². The highest BCUT2D eigenvalue weighted by Crippen LogP contribution is 2.25. The minimum Gasteiger partial charge on any atom is -0.351 e. The Labute approximate surface area is 130 Å². The Morgan fingerprint density at radius 2 is 2.30 bits per heavy atom. The highest BCUT2D eigenvalue weighted by atomic mass is 79.9. The van der Waals surface area contributed by atoms with Crippen LogP contribution in [0, 0.1) is 0 Å². The summed E-state index contributed by atoms with van der Waals surface area (Å²) in [5.74, 6) is -0.308. The van der Waals surface area contributed by atoms with Gasteiger partial charge >= 0.3 is 0 Å². The average molecular weight is 382 g/mol. The van der Waals surface area contributed by atoms with E-state index in [1.54, 1.807) is 6.07 Å². The van der Waals surface area contributed by atoms with Crippen molar-refractivity contribution in [3.05, 3.63) is 15.9 Å². The Hall–Kier alpha value is -0.480. The molecule has 1 fully saturated rings. The number of nitrogens with one attached hydrogen (secondary N) is 3. The number of hydrogen-bond donors (Lipinski definition) is 3. The first-order valence-electron chi connectivity index (χ1n) is 6.22. The molecule has 6 nitrogen and oxygen atoms in total. The van der Waals surface area contributed by atoms with Crippen molar-refractivity contribution in [1.82, 2.24) is 15.4 Å². The van der Waals surface area contributed by atoms with Crippen LogP contribution < -0.4 is 15.4 Å². The predicted octanol–water partition coefficient (Wildman–Crippen LogP) is 0.657. The molecule has 9 heteroatoms. The van der Waals surface area contributed by atoms with Crippen molar-refractivity contribution < 1.29 is 13.2 Å². The number of rotatable bonds is 5. The molecule has 112 valence electrons. The SMILES string of the molecule is O=C(CNS(=O)(=O)c1ccc(Br)s1)N[C@H]1CCCNC1. The van der Waals surface area contributed by atoms with E-state index in [0.29, 0.717) is 0 Å². The van der Waals surface area contributed by atoms with Crippen LogP contribution >= 0.6 is 27.3 Å². The second kappa shape index (κ2) is 6.99. The summed E-state index contributed by atoms with van der Waals surface area (Å²) >= 11 is 4.32. The summed E-state index contributed by atoms with van der Waals surface area (Å²) < 4.78 is 27.1. The number of amides is 1. The molecular weight excluding hydrogens is 366 g/mol. The summed E-state index contributed by atoms with van der Waals surface area (Å²) in [5.41, 5.74) is 0. The summed E-state index contributed by atoms with van der Waals surface area (Å²) in [4.78, 5) is 11.7. The molecule has 2 rings (SSSR count). The molecule has 1 atom stereocenters. The van der Waals surface area contributed by atoms with Crippen LogP contribution in [-0.2, 0) is 14.8 Å². The van der Waals surface area contributed by atoms with Crippen LogP contribution in [0.25, 0.3) is 0 Å². The summed E-state index contributed by atoms with van der Waals surface area (Å²) in [6.07, 6.45) is 1.93. The van der Waals surface area contributed by atoms with Gasteiger partial charge in [-0.15, -0.1) is 11.3 Å². The van der Waals surface area contributed by atoms with E-state index >= 15 is 0 Å². The molecule has 1 aromatic heterocycles. The van der Waals surface area contributed by atoms with E-state index in [4.69, 9.17) is 0 Å². The van der Waals surface area contributed by atoms with Gasteiger partial charge in [-0.05, 0) is 47.4 Å². The molecular formula is C11H16BrN3O3S2. The highest BCUT2D eigenvalue weighted by molar-refractivity contribution is 9.11. The van der Waals surface area contributed by atoms with E-state index < -0.39 is 10.0 Å². The summed E-state index contributed by atoms with van der Waals surface area (Å²) in [6, 6.07) is 3.24. The first-order valence-corrected chi connectivity index (χ1v) is 9.32. The molecule has 0 radical (unpaired) electrons. The number of hydrogen-bond acceptors (Lipinski definition) is 5. The fourth-order valence-electron chi connectivity index (χ4n) is 1.93. The molecule has 1 amide bonds. The van der Waals surface area contributed by atoms with Crippen molar-refractivity contribution in [2.24, 2.45) is 0 Å². The third kappa shape index (κ3) is 4.52. The molecule has 0 bridgehead atoms. The summed E-state index contributed by atoms with van der Waals surface area (Å²) in [6.45, 7) is 1.46. The number of sulfonamides is 1. The van der Waals surface area contributed by atoms with Crippen molar-refractivity contribution in [2.75, 3.05) is 19.6 Å². The molecule has 0 saturated carbocycles. The van der Waals surface area contributed by atoms with Gasteiger partial charge in [0.2, 0.25) is 5.91 Å². The second-order valence-corrected chi connectivity index (χ2v) is 8.95. The number of piperidine rings is 1. The molecule has 2 heterocycles. The highest BCUT2D eigenvalue weighted by Gasteiger charge is 2.19. The lowest BCUT2D eigenvalue weighted by atomic mass is 10.1. The maximum absolute atomic E-state index is 11.9. The Balaban J connectivity index is 1.83. The minimum atomic E-state index is -3.61. The molecule has 1 aromatic rings. The van der Waals surface area contributed by atoms with E-state index in [-0.39, 0.29) is 22.7 Å². The standard InChI is InChI=1S/C11H16BrN3O3S2/c12-9-3-4-11(19-9)20(17,18)14-7-10(16)15-8-2-1-5-13-6-8/h3-4,8,13-14H,1-2,5-7H2,(H,15,16)/t8-/m0/s1. The number of thiophene rings is 1. The topological polar surface area (TPSA) is 87.3 Å². The first kappa shape index (κ1) is 15.9. The maximum Gasteiger partial charge on any atom is 0.250 e. The number of halogens is 1. The molecule has 0 spiro atoms. The van der Waals surface area contributed by atoms with Crippen LogP contribution in [0.1, 0.15) is 12.8 Å². The Morgan fingerprint density at radius 3 is 2.90 bits per heavy atom. The van der Waals surface area contributed by atoms with Gasteiger partial charge in [-0.2, -0.15) is 0 Å². The Morgan fingerprint density at radius 1 is 1.50 bits per heavy atom. The maximum atomic E-state index is 11.9. The van der Waals surface area contributed by atoms with Crippen molar-refractivity contribution in [3.63, 3.8) is 0 Å². The van der Waals surface area contributed by atoms with Crippen molar-refractivity contribution >= 4 is 43.2 Å². The van der Waals surface area contributed by atoms with Crippen LogP contribution in [0.5, 0.6) is 0 Å².